The molecule has 0 bridgehead atoms. The molecule has 3 N–H and O–H groups in total. The molecule has 0 spiro atoms. The maximum absolute atomic E-state index is 13.4. The average Bonchev–Trinajstić information content (AvgIpc) is 3.32. The molecule has 4 aromatic carbocycles. The van der Waals surface area contributed by atoms with Crippen molar-refractivity contribution in [3.63, 3.8) is 0 Å². The fraction of sp³-hybridized carbons (Fsp3) is 0.121. The Morgan fingerprint density at radius 3 is 2.07 bits per heavy atom. The van der Waals surface area contributed by atoms with Gasteiger partial charge < -0.3 is 10.6 Å². The number of aromatic nitrogens is 1. The molecule has 8 heteroatoms. The van der Waals surface area contributed by atoms with Gasteiger partial charge in [-0.05, 0) is 60.9 Å². The van der Waals surface area contributed by atoms with E-state index < -0.39 is 17.7 Å². The topological polar surface area (TPSA) is 92.2 Å². The standard InChI is InChI=1S/C33H29BrN4O3/c1-21-13-15-28(22(2)17-21)36-31(39)30-19-25-18-26(34)14-16-29(25)38(30)37-33(41)32(40)35-20-27(23-9-5-3-6-10-23)24-11-7-4-8-12-24/h3-19,27H,20H2,1-2H3,(H,35,40)(H,36,39)(H,37,41). The molecule has 0 radical (unpaired) electrons. The van der Waals surface area contributed by atoms with E-state index in [1.807, 2.05) is 98.8 Å². The first-order valence-corrected chi connectivity index (χ1v) is 14.0. The highest BCUT2D eigenvalue weighted by atomic mass is 79.9. The third-order valence-corrected chi connectivity index (χ3v) is 7.41. The van der Waals surface area contributed by atoms with Crippen LogP contribution < -0.4 is 16.1 Å². The van der Waals surface area contributed by atoms with Crippen LogP contribution >= 0.6 is 15.9 Å². The van der Waals surface area contributed by atoms with Crippen molar-refractivity contribution in [2.45, 2.75) is 19.8 Å². The maximum atomic E-state index is 13.4. The number of aryl methyl sites for hydroxylation is 2. The molecule has 1 heterocycles. The van der Waals surface area contributed by atoms with Gasteiger partial charge in [-0.3, -0.25) is 19.8 Å². The van der Waals surface area contributed by atoms with E-state index in [4.69, 9.17) is 0 Å². The van der Waals surface area contributed by atoms with E-state index in [0.29, 0.717) is 11.2 Å². The number of amides is 3. The van der Waals surface area contributed by atoms with E-state index >= 15 is 0 Å². The van der Waals surface area contributed by atoms with E-state index in [1.54, 1.807) is 18.2 Å². The summed E-state index contributed by atoms with van der Waals surface area (Å²) >= 11 is 3.46. The highest BCUT2D eigenvalue weighted by Gasteiger charge is 2.23. The lowest BCUT2D eigenvalue weighted by Crippen LogP contribution is -2.41. The predicted octanol–water partition coefficient (Wildman–Crippen LogP) is 6.29. The first-order valence-electron chi connectivity index (χ1n) is 13.2. The Balaban J connectivity index is 1.37. The first kappa shape index (κ1) is 27.9. The molecule has 5 rings (SSSR count). The summed E-state index contributed by atoms with van der Waals surface area (Å²) in [6.07, 6.45) is 0. The van der Waals surface area contributed by atoms with Gasteiger partial charge in [0.2, 0.25) is 0 Å². The van der Waals surface area contributed by atoms with Crippen molar-refractivity contribution in [3.05, 3.63) is 136 Å². The summed E-state index contributed by atoms with van der Waals surface area (Å²) in [5, 5.41) is 6.42. The number of hydrogen-bond donors (Lipinski definition) is 3. The molecule has 0 saturated heterocycles. The summed E-state index contributed by atoms with van der Waals surface area (Å²) in [5.41, 5.74) is 8.10. The molecule has 1 aromatic heterocycles. The van der Waals surface area contributed by atoms with Gasteiger partial charge in [-0.15, -0.1) is 0 Å². The molecule has 0 aliphatic rings. The number of anilines is 1. The second-order valence-corrected chi connectivity index (χ2v) is 10.8. The molecular weight excluding hydrogens is 580 g/mol. The number of carbonyl (C=O) groups is 3. The molecule has 7 nitrogen and oxygen atoms in total. The zero-order valence-electron chi connectivity index (χ0n) is 22.6. The summed E-state index contributed by atoms with van der Waals surface area (Å²) in [6, 6.07) is 32.5. The minimum absolute atomic E-state index is 0.141. The number of fused-ring (bicyclic) bond motifs is 1. The van der Waals surface area contributed by atoms with Gasteiger partial charge in [0.25, 0.3) is 5.91 Å². The lowest BCUT2D eigenvalue weighted by molar-refractivity contribution is -0.136. The molecule has 5 aromatic rings. The number of carbonyl (C=O) groups excluding carboxylic acids is 3. The first-order chi connectivity index (χ1) is 19.8. The molecule has 0 aliphatic heterocycles. The Morgan fingerprint density at radius 2 is 1.44 bits per heavy atom. The number of rotatable bonds is 7. The average molecular weight is 610 g/mol. The fourth-order valence-corrected chi connectivity index (χ4v) is 5.22. The fourth-order valence-electron chi connectivity index (χ4n) is 4.84. The van der Waals surface area contributed by atoms with E-state index in [1.165, 1.54) is 4.68 Å². The lowest BCUT2D eigenvalue weighted by Gasteiger charge is -2.19. The van der Waals surface area contributed by atoms with Gasteiger partial charge >= 0.3 is 11.8 Å². The van der Waals surface area contributed by atoms with Crippen molar-refractivity contribution in [2.75, 3.05) is 17.3 Å². The quantitative estimate of drug-likeness (QED) is 0.190. The number of benzene rings is 4. The maximum Gasteiger partial charge on any atom is 0.328 e. The van der Waals surface area contributed by atoms with Crippen LogP contribution in [0, 0.1) is 13.8 Å². The summed E-state index contributed by atoms with van der Waals surface area (Å²) in [5.74, 6) is -2.25. The minimum atomic E-state index is -0.883. The summed E-state index contributed by atoms with van der Waals surface area (Å²) in [7, 11) is 0. The Labute approximate surface area is 246 Å². The van der Waals surface area contributed by atoms with Gasteiger partial charge in [0, 0.05) is 28.0 Å². The van der Waals surface area contributed by atoms with Crippen LogP contribution in [0.4, 0.5) is 5.69 Å². The van der Waals surface area contributed by atoms with Crippen LogP contribution in [0.15, 0.2) is 108 Å². The molecule has 0 aliphatic carbocycles. The van der Waals surface area contributed by atoms with Crippen molar-refractivity contribution in [3.8, 4) is 0 Å². The van der Waals surface area contributed by atoms with Crippen LogP contribution in [0.25, 0.3) is 10.9 Å². The summed E-state index contributed by atoms with van der Waals surface area (Å²) in [6.45, 7) is 4.12. The van der Waals surface area contributed by atoms with Crippen LogP contribution in [-0.4, -0.2) is 28.9 Å². The third-order valence-electron chi connectivity index (χ3n) is 6.92. The molecule has 3 amide bonds. The predicted molar refractivity (Wildman–Crippen MR) is 166 cm³/mol. The van der Waals surface area contributed by atoms with E-state index in [9.17, 15) is 14.4 Å². The van der Waals surface area contributed by atoms with Crippen LogP contribution in [-0.2, 0) is 9.59 Å². The highest BCUT2D eigenvalue weighted by Crippen LogP contribution is 2.26. The smallest absolute Gasteiger partial charge is 0.328 e. The van der Waals surface area contributed by atoms with Crippen LogP contribution in [0.5, 0.6) is 0 Å². The van der Waals surface area contributed by atoms with Gasteiger partial charge in [-0.25, -0.2) is 4.68 Å². The van der Waals surface area contributed by atoms with Gasteiger partial charge in [0.05, 0.1) is 5.52 Å². The van der Waals surface area contributed by atoms with Gasteiger partial charge in [-0.1, -0.05) is 94.3 Å². The number of nitrogens with zero attached hydrogens (tertiary/aromatic N) is 1. The molecule has 0 unspecified atom stereocenters. The second-order valence-electron chi connectivity index (χ2n) is 9.87. The molecule has 0 atom stereocenters. The molecule has 0 saturated carbocycles. The Morgan fingerprint density at radius 1 is 0.780 bits per heavy atom. The second kappa shape index (κ2) is 12.2. The van der Waals surface area contributed by atoms with E-state index in [0.717, 1.165) is 32.1 Å². The SMILES string of the molecule is Cc1ccc(NC(=O)c2cc3cc(Br)ccc3n2NC(=O)C(=O)NCC(c2ccccc2)c2ccccc2)c(C)c1. The van der Waals surface area contributed by atoms with Crippen LogP contribution in [0.1, 0.15) is 38.7 Å². The van der Waals surface area contributed by atoms with Crippen molar-refractivity contribution in [2.24, 2.45) is 0 Å². The van der Waals surface area contributed by atoms with E-state index in [2.05, 4.69) is 32.0 Å². The van der Waals surface area contributed by atoms with Crippen molar-refractivity contribution in [1.29, 1.82) is 0 Å². The lowest BCUT2D eigenvalue weighted by atomic mass is 9.91. The highest BCUT2D eigenvalue weighted by molar-refractivity contribution is 9.10. The molecule has 41 heavy (non-hydrogen) atoms. The summed E-state index contributed by atoms with van der Waals surface area (Å²) < 4.78 is 2.18. The number of hydrogen-bond acceptors (Lipinski definition) is 3. The van der Waals surface area contributed by atoms with Crippen LogP contribution in [0.2, 0.25) is 0 Å². The molecule has 206 valence electrons. The van der Waals surface area contributed by atoms with Gasteiger partial charge in [0.15, 0.2) is 0 Å². The number of nitrogens with one attached hydrogen (secondary N) is 3. The van der Waals surface area contributed by atoms with Crippen molar-refractivity contribution < 1.29 is 14.4 Å². The van der Waals surface area contributed by atoms with Crippen molar-refractivity contribution >= 4 is 50.2 Å². The van der Waals surface area contributed by atoms with Crippen LogP contribution in [0.3, 0.4) is 0 Å². The summed E-state index contributed by atoms with van der Waals surface area (Å²) in [4.78, 5) is 39.6. The van der Waals surface area contributed by atoms with Crippen molar-refractivity contribution in [1.82, 2.24) is 9.99 Å². The Bertz CT molecular complexity index is 1690. The normalized spacial score (nSPS) is 10.9. The van der Waals surface area contributed by atoms with Gasteiger partial charge in [0.1, 0.15) is 5.69 Å². The van der Waals surface area contributed by atoms with Gasteiger partial charge in [-0.2, -0.15) is 0 Å². The third kappa shape index (κ3) is 6.39. The molecular formula is C33H29BrN4O3. The largest absolute Gasteiger partial charge is 0.347 e. The Hall–Kier alpha value is -4.69. The Kier molecular flexibility index (Phi) is 8.31. The van der Waals surface area contributed by atoms with E-state index in [-0.39, 0.29) is 18.2 Å². The monoisotopic (exact) mass is 608 g/mol. The zero-order valence-corrected chi connectivity index (χ0v) is 24.2. The zero-order chi connectivity index (χ0) is 28.9. The number of halogens is 1. The minimum Gasteiger partial charge on any atom is -0.347 e. The molecule has 0 fully saturated rings.